The number of carbonyl (C=O) groups excluding carboxylic acids is 2. The topological polar surface area (TPSA) is 52.6 Å². The SMILES string of the molecule is Cc1cc(OC(=O)c2ccccc2Cl)cc2c1C(=O)/C(=C/c1c(F)cccc1Cl)O2. The van der Waals surface area contributed by atoms with Crippen LogP contribution in [0.4, 0.5) is 4.39 Å². The molecule has 1 aliphatic rings. The minimum absolute atomic E-state index is 0.0540. The van der Waals surface area contributed by atoms with Crippen LogP contribution in [-0.2, 0) is 0 Å². The predicted octanol–water partition coefficient (Wildman–Crippen LogP) is 6.28. The number of hydrogen-bond donors (Lipinski definition) is 0. The van der Waals surface area contributed by atoms with Crippen molar-refractivity contribution in [2.75, 3.05) is 0 Å². The summed E-state index contributed by atoms with van der Waals surface area (Å²) in [6, 6.07) is 13.7. The van der Waals surface area contributed by atoms with Crippen molar-refractivity contribution in [3.05, 3.63) is 98.5 Å². The van der Waals surface area contributed by atoms with Gasteiger partial charge >= 0.3 is 5.97 Å². The maximum atomic E-state index is 14.1. The molecule has 7 heteroatoms. The summed E-state index contributed by atoms with van der Waals surface area (Å²) in [4.78, 5) is 25.2. The molecule has 1 heterocycles. The second kappa shape index (κ2) is 7.94. The van der Waals surface area contributed by atoms with Gasteiger partial charge in [-0.05, 0) is 48.9 Å². The zero-order valence-corrected chi connectivity index (χ0v) is 17.1. The van der Waals surface area contributed by atoms with Gasteiger partial charge in [0.1, 0.15) is 17.3 Å². The first-order valence-electron chi connectivity index (χ1n) is 8.85. The highest BCUT2D eigenvalue weighted by Gasteiger charge is 2.31. The van der Waals surface area contributed by atoms with Crippen LogP contribution in [0.25, 0.3) is 6.08 Å². The minimum atomic E-state index is -0.641. The highest BCUT2D eigenvalue weighted by Crippen LogP contribution is 2.38. The Morgan fingerprint density at radius 1 is 1.07 bits per heavy atom. The summed E-state index contributed by atoms with van der Waals surface area (Å²) in [5.74, 6) is -1.30. The summed E-state index contributed by atoms with van der Waals surface area (Å²) < 4.78 is 25.1. The van der Waals surface area contributed by atoms with Crippen molar-refractivity contribution in [2.45, 2.75) is 6.92 Å². The third kappa shape index (κ3) is 3.70. The summed E-state index contributed by atoms with van der Waals surface area (Å²) in [5.41, 5.74) is 1.12. The highest BCUT2D eigenvalue weighted by molar-refractivity contribution is 6.33. The smallest absolute Gasteiger partial charge is 0.345 e. The second-order valence-corrected chi connectivity index (χ2v) is 7.37. The van der Waals surface area contributed by atoms with Crippen molar-refractivity contribution < 1.29 is 23.5 Å². The fourth-order valence-corrected chi connectivity index (χ4v) is 3.54. The van der Waals surface area contributed by atoms with Crippen LogP contribution < -0.4 is 9.47 Å². The molecular formula is C23H13Cl2FO4. The number of esters is 1. The number of halogens is 3. The molecule has 0 saturated carbocycles. The van der Waals surface area contributed by atoms with Gasteiger partial charge in [0, 0.05) is 11.6 Å². The monoisotopic (exact) mass is 442 g/mol. The third-order valence-electron chi connectivity index (χ3n) is 4.52. The lowest BCUT2D eigenvalue weighted by molar-refractivity contribution is 0.0734. The Bertz CT molecular complexity index is 1210. The summed E-state index contributed by atoms with van der Waals surface area (Å²) in [7, 11) is 0. The van der Waals surface area contributed by atoms with Crippen LogP contribution >= 0.6 is 23.2 Å². The van der Waals surface area contributed by atoms with Gasteiger partial charge in [-0.25, -0.2) is 9.18 Å². The first-order valence-corrected chi connectivity index (χ1v) is 9.60. The van der Waals surface area contributed by atoms with Crippen LogP contribution in [-0.4, -0.2) is 11.8 Å². The number of allylic oxidation sites excluding steroid dienone is 1. The number of aryl methyl sites for hydroxylation is 1. The van der Waals surface area contributed by atoms with Crippen LogP contribution in [0.5, 0.6) is 11.5 Å². The molecule has 0 bridgehead atoms. The van der Waals surface area contributed by atoms with Crippen LogP contribution in [0, 0.1) is 12.7 Å². The standard InChI is InChI=1S/C23H13Cl2FO4/c1-12-9-13(29-23(28)14-5-2-3-6-16(14)24)10-19-21(12)22(27)20(30-19)11-15-17(25)7-4-8-18(15)26/h2-11H,1H3/b20-11-. The molecule has 3 aromatic carbocycles. The fraction of sp³-hybridized carbons (Fsp3) is 0.0435. The highest BCUT2D eigenvalue weighted by atomic mass is 35.5. The van der Waals surface area contributed by atoms with Gasteiger partial charge in [0.25, 0.3) is 0 Å². The molecule has 0 amide bonds. The molecule has 4 rings (SSSR count). The van der Waals surface area contributed by atoms with Gasteiger partial charge in [0.2, 0.25) is 5.78 Å². The molecule has 0 atom stereocenters. The van der Waals surface area contributed by atoms with Gasteiger partial charge in [0.05, 0.1) is 21.2 Å². The Labute approximate surface area is 181 Å². The summed E-state index contributed by atoms with van der Waals surface area (Å²) in [6.07, 6.45) is 1.26. The number of ether oxygens (including phenoxy) is 2. The van der Waals surface area contributed by atoms with E-state index in [0.717, 1.165) is 0 Å². The molecule has 0 aromatic heterocycles. The van der Waals surface area contributed by atoms with E-state index >= 15 is 0 Å². The molecule has 0 N–H and O–H groups in total. The van der Waals surface area contributed by atoms with E-state index in [-0.39, 0.29) is 38.4 Å². The minimum Gasteiger partial charge on any atom is -0.452 e. The van der Waals surface area contributed by atoms with Crippen molar-refractivity contribution in [3.8, 4) is 11.5 Å². The molecule has 4 nitrogen and oxygen atoms in total. The Kier molecular flexibility index (Phi) is 5.33. The van der Waals surface area contributed by atoms with E-state index in [1.165, 1.54) is 30.3 Å². The zero-order valence-electron chi connectivity index (χ0n) is 15.5. The van der Waals surface area contributed by atoms with Gasteiger partial charge in [-0.1, -0.05) is 41.4 Å². The Balaban J connectivity index is 1.65. The maximum absolute atomic E-state index is 14.1. The van der Waals surface area contributed by atoms with Crippen LogP contribution in [0.2, 0.25) is 10.0 Å². The molecule has 1 aliphatic heterocycles. The zero-order chi connectivity index (χ0) is 21.4. The summed E-state index contributed by atoms with van der Waals surface area (Å²) >= 11 is 12.1. The van der Waals surface area contributed by atoms with Crippen LogP contribution in [0.1, 0.15) is 31.8 Å². The molecule has 0 fully saturated rings. The quantitative estimate of drug-likeness (QED) is 0.272. The number of hydrogen-bond acceptors (Lipinski definition) is 4. The number of carbonyl (C=O) groups is 2. The normalized spacial score (nSPS) is 13.9. The Hall–Kier alpha value is -3.15. The van der Waals surface area contributed by atoms with Crippen molar-refractivity contribution in [3.63, 3.8) is 0 Å². The van der Waals surface area contributed by atoms with Crippen LogP contribution in [0.15, 0.2) is 60.4 Å². The van der Waals surface area contributed by atoms with Gasteiger partial charge in [-0.15, -0.1) is 0 Å². The van der Waals surface area contributed by atoms with E-state index in [0.29, 0.717) is 11.1 Å². The van der Waals surface area contributed by atoms with Gasteiger partial charge < -0.3 is 9.47 Å². The summed E-state index contributed by atoms with van der Waals surface area (Å²) in [6.45, 7) is 1.69. The van der Waals surface area contributed by atoms with Gasteiger partial charge in [-0.2, -0.15) is 0 Å². The van der Waals surface area contributed by atoms with Crippen molar-refractivity contribution in [1.82, 2.24) is 0 Å². The third-order valence-corrected chi connectivity index (χ3v) is 5.18. The Morgan fingerprint density at radius 3 is 2.53 bits per heavy atom. The lowest BCUT2D eigenvalue weighted by Gasteiger charge is -2.08. The average molecular weight is 443 g/mol. The van der Waals surface area contributed by atoms with E-state index in [9.17, 15) is 14.0 Å². The van der Waals surface area contributed by atoms with Gasteiger partial charge in [-0.3, -0.25) is 4.79 Å². The molecule has 0 aliphatic carbocycles. The lowest BCUT2D eigenvalue weighted by Crippen LogP contribution is -2.09. The molecule has 30 heavy (non-hydrogen) atoms. The molecule has 0 radical (unpaired) electrons. The number of rotatable bonds is 3. The number of ketones is 1. The lowest BCUT2D eigenvalue weighted by atomic mass is 10.0. The van der Waals surface area contributed by atoms with E-state index in [4.69, 9.17) is 32.7 Å². The second-order valence-electron chi connectivity index (χ2n) is 6.56. The van der Waals surface area contributed by atoms with E-state index in [2.05, 4.69) is 0 Å². The molecular weight excluding hydrogens is 430 g/mol. The molecule has 150 valence electrons. The summed E-state index contributed by atoms with van der Waals surface area (Å²) in [5, 5.41) is 0.416. The molecule has 0 saturated heterocycles. The van der Waals surface area contributed by atoms with E-state index < -0.39 is 17.6 Å². The fourth-order valence-electron chi connectivity index (χ4n) is 3.10. The first-order chi connectivity index (χ1) is 14.3. The Morgan fingerprint density at radius 2 is 1.80 bits per heavy atom. The molecule has 0 spiro atoms. The number of Topliss-reactive ketones (excluding diaryl/α,β-unsaturated/α-hetero) is 1. The number of fused-ring (bicyclic) bond motifs is 1. The van der Waals surface area contributed by atoms with Crippen molar-refractivity contribution in [2.24, 2.45) is 0 Å². The van der Waals surface area contributed by atoms with Crippen molar-refractivity contribution >= 4 is 41.0 Å². The largest absolute Gasteiger partial charge is 0.452 e. The average Bonchev–Trinajstić information content (AvgIpc) is 3.01. The predicted molar refractivity (Wildman–Crippen MR) is 112 cm³/mol. The van der Waals surface area contributed by atoms with Crippen molar-refractivity contribution in [1.29, 1.82) is 0 Å². The first kappa shape index (κ1) is 20.1. The number of benzene rings is 3. The van der Waals surface area contributed by atoms with E-state index in [1.807, 2.05) is 0 Å². The maximum Gasteiger partial charge on any atom is 0.345 e. The van der Waals surface area contributed by atoms with Crippen LogP contribution in [0.3, 0.4) is 0 Å². The molecule has 0 unspecified atom stereocenters. The van der Waals surface area contributed by atoms with Gasteiger partial charge in [0.15, 0.2) is 5.76 Å². The van der Waals surface area contributed by atoms with E-state index in [1.54, 1.807) is 37.3 Å². The molecule has 3 aromatic rings.